The zero-order valence-corrected chi connectivity index (χ0v) is 3.98. The Balaban J connectivity index is 3.17. The maximum absolute atomic E-state index is 11.2. The summed E-state index contributed by atoms with van der Waals surface area (Å²) in [6.45, 7) is 2.58. The van der Waals surface area contributed by atoms with E-state index in [4.69, 9.17) is 0 Å². The lowest BCUT2D eigenvalue weighted by molar-refractivity contribution is -0.114. The van der Waals surface area contributed by atoms with Crippen molar-refractivity contribution in [2.75, 3.05) is 6.67 Å². The van der Waals surface area contributed by atoms with E-state index < -0.39 is 6.67 Å². The van der Waals surface area contributed by atoms with Gasteiger partial charge in [-0.3, -0.25) is 9.18 Å². The third kappa shape index (κ3) is 3.16. The highest BCUT2D eigenvalue weighted by molar-refractivity contribution is 5.89. The number of ketones is 1. The molecule has 0 aromatic heterocycles. The van der Waals surface area contributed by atoms with Gasteiger partial charge in [0, 0.05) is 6.42 Å². The Labute approximate surface area is 41.8 Å². The van der Waals surface area contributed by atoms with Crippen LogP contribution < -0.4 is 0 Å². The van der Waals surface area contributed by atoms with Crippen molar-refractivity contribution in [3.63, 3.8) is 0 Å². The maximum atomic E-state index is 11.2. The fourth-order valence-corrected chi connectivity index (χ4v) is 0.195. The highest BCUT2D eigenvalue weighted by Gasteiger charge is 1.90. The second kappa shape index (κ2) is 3.53. The molecular weight excluding hydrogens is 95.1 g/mol. The van der Waals surface area contributed by atoms with Gasteiger partial charge in [-0.1, -0.05) is 6.58 Å². The molecule has 0 aromatic carbocycles. The molecule has 7 heavy (non-hydrogen) atoms. The molecule has 40 valence electrons. The molecule has 1 nitrogen and oxygen atoms in total. The molecule has 0 aromatic rings. The lowest BCUT2D eigenvalue weighted by Crippen LogP contribution is -1.90. The summed E-state index contributed by atoms with van der Waals surface area (Å²) in [6.07, 6.45) is 1.10. The summed E-state index contributed by atoms with van der Waals surface area (Å²) in [7, 11) is 0. The second-order valence-electron chi connectivity index (χ2n) is 1.11. The number of rotatable bonds is 3. The first kappa shape index (κ1) is 6.34. The Kier molecular flexibility index (Phi) is 3.19. The third-order valence-electron chi connectivity index (χ3n) is 0.569. The Morgan fingerprint density at radius 2 is 2.43 bits per heavy atom. The van der Waals surface area contributed by atoms with Gasteiger partial charge in [0.15, 0.2) is 5.78 Å². The van der Waals surface area contributed by atoms with Gasteiger partial charge in [-0.2, -0.15) is 0 Å². The minimum absolute atomic E-state index is 0.0243. The quantitative estimate of drug-likeness (QED) is 0.488. The van der Waals surface area contributed by atoms with E-state index in [-0.39, 0.29) is 12.2 Å². The van der Waals surface area contributed by atoms with Crippen molar-refractivity contribution in [2.45, 2.75) is 6.42 Å². The number of halogens is 1. The van der Waals surface area contributed by atoms with Crippen molar-refractivity contribution in [1.82, 2.24) is 0 Å². The smallest absolute Gasteiger partial charge is 0.157 e. The molecule has 0 rings (SSSR count). The molecule has 0 fully saturated rings. The van der Waals surface area contributed by atoms with Crippen molar-refractivity contribution in [3.05, 3.63) is 12.7 Å². The zero-order chi connectivity index (χ0) is 5.70. The molecule has 0 saturated heterocycles. The first-order chi connectivity index (χ1) is 3.31. The number of alkyl halides is 1. The van der Waals surface area contributed by atoms with Crippen LogP contribution in [0.2, 0.25) is 0 Å². The number of carbonyl (C=O) groups excluding carboxylic acids is 1. The Morgan fingerprint density at radius 3 is 2.57 bits per heavy atom. The minimum atomic E-state index is -0.579. The summed E-state index contributed by atoms with van der Waals surface area (Å²) in [5.74, 6) is -0.234. The molecule has 0 amide bonds. The predicted octanol–water partition coefficient (Wildman–Crippen LogP) is 1.10. The van der Waals surface area contributed by atoms with Gasteiger partial charge in [-0.25, -0.2) is 0 Å². The predicted molar refractivity (Wildman–Crippen MR) is 25.8 cm³/mol. The van der Waals surface area contributed by atoms with Crippen LogP contribution in [0.3, 0.4) is 0 Å². The lowest BCUT2D eigenvalue weighted by Gasteiger charge is -1.80. The monoisotopic (exact) mass is 102 g/mol. The molecule has 0 unspecified atom stereocenters. The van der Waals surface area contributed by atoms with Crippen LogP contribution in [-0.2, 0) is 4.79 Å². The standard InChI is InChI=1S/C5H7FO/c1-2-5(7)3-4-6/h2H,1,3-4H2. The minimum Gasteiger partial charge on any atom is -0.295 e. The summed E-state index contributed by atoms with van der Waals surface area (Å²) in [4.78, 5) is 10.1. The largest absolute Gasteiger partial charge is 0.295 e. The Morgan fingerprint density at radius 1 is 1.86 bits per heavy atom. The van der Waals surface area contributed by atoms with Crippen LogP contribution >= 0.6 is 0 Å². The van der Waals surface area contributed by atoms with Crippen molar-refractivity contribution in [2.24, 2.45) is 0 Å². The molecular formula is C5H7FO. The van der Waals surface area contributed by atoms with Crippen LogP contribution in [0.15, 0.2) is 12.7 Å². The van der Waals surface area contributed by atoms with E-state index in [2.05, 4.69) is 6.58 Å². The molecule has 0 atom stereocenters. The topological polar surface area (TPSA) is 17.1 Å². The van der Waals surface area contributed by atoms with Crippen molar-refractivity contribution in [1.29, 1.82) is 0 Å². The molecule has 0 N–H and O–H groups in total. The molecule has 0 aliphatic carbocycles. The van der Waals surface area contributed by atoms with Crippen LogP contribution in [0.25, 0.3) is 0 Å². The second-order valence-corrected chi connectivity index (χ2v) is 1.11. The maximum Gasteiger partial charge on any atom is 0.157 e. The van der Waals surface area contributed by atoms with Crippen LogP contribution in [-0.4, -0.2) is 12.5 Å². The summed E-state index contributed by atoms with van der Waals surface area (Å²) in [6, 6.07) is 0. The van der Waals surface area contributed by atoms with Gasteiger partial charge in [-0.05, 0) is 6.08 Å². The zero-order valence-electron chi connectivity index (χ0n) is 3.98. The summed E-state index contributed by atoms with van der Waals surface area (Å²) in [5.41, 5.74) is 0. The van der Waals surface area contributed by atoms with Crippen molar-refractivity contribution >= 4 is 5.78 Å². The van der Waals surface area contributed by atoms with E-state index in [0.29, 0.717) is 0 Å². The van der Waals surface area contributed by atoms with Gasteiger partial charge in [0.05, 0.1) is 6.67 Å². The van der Waals surface area contributed by atoms with E-state index in [1.54, 1.807) is 0 Å². The normalized spacial score (nSPS) is 8.14. The summed E-state index contributed by atoms with van der Waals surface area (Å²) >= 11 is 0. The Bertz CT molecular complexity index is 78.1. The molecule has 0 spiro atoms. The number of carbonyl (C=O) groups is 1. The van der Waals surface area contributed by atoms with Gasteiger partial charge in [0.25, 0.3) is 0 Å². The van der Waals surface area contributed by atoms with Gasteiger partial charge in [-0.15, -0.1) is 0 Å². The van der Waals surface area contributed by atoms with Crippen LogP contribution in [0.1, 0.15) is 6.42 Å². The summed E-state index contributed by atoms with van der Waals surface area (Å²) in [5, 5.41) is 0. The number of hydrogen-bond acceptors (Lipinski definition) is 1. The molecule has 0 aliphatic rings. The lowest BCUT2D eigenvalue weighted by atomic mass is 10.3. The van der Waals surface area contributed by atoms with Crippen LogP contribution in [0.4, 0.5) is 4.39 Å². The average Bonchev–Trinajstić information content (AvgIpc) is 1.68. The molecule has 0 radical (unpaired) electrons. The first-order valence-corrected chi connectivity index (χ1v) is 2.02. The van der Waals surface area contributed by atoms with Gasteiger partial charge >= 0.3 is 0 Å². The first-order valence-electron chi connectivity index (χ1n) is 2.02. The van der Waals surface area contributed by atoms with Gasteiger partial charge in [0.2, 0.25) is 0 Å². The third-order valence-corrected chi connectivity index (χ3v) is 0.569. The molecule has 0 heterocycles. The molecule has 0 bridgehead atoms. The molecule has 0 aliphatic heterocycles. The van der Waals surface area contributed by atoms with Gasteiger partial charge < -0.3 is 0 Å². The van der Waals surface area contributed by atoms with Crippen LogP contribution in [0, 0.1) is 0 Å². The fourth-order valence-electron chi connectivity index (χ4n) is 0.195. The summed E-state index contributed by atoms with van der Waals surface area (Å²) < 4.78 is 11.2. The van der Waals surface area contributed by atoms with E-state index in [1.807, 2.05) is 0 Å². The van der Waals surface area contributed by atoms with E-state index in [0.717, 1.165) is 6.08 Å². The van der Waals surface area contributed by atoms with Crippen molar-refractivity contribution in [3.8, 4) is 0 Å². The fraction of sp³-hybridized carbons (Fsp3) is 0.400. The van der Waals surface area contributed by atoms with E-state index in [9.17, 15) is 9.18 Å². The Hall–Kier alpha value is -0.660. The number of allylic oxidation sites excluding steroid dienone is 1. The van der Waals surface area contributed by atoms with Crippen LogP contribution in [0.5, 0.6) is 0 Å². The highest BCUT2D eigenvalue weighted by atomic mass is 19.1. The average molecular weight is 102 g/mol. The van der Waals surface area contributed by atoms with E-state index in [1.165, 1.54) is 0 Å². The van der Waals surface area contributed by atoms with E-state index >= 15 is 0 Å². The van der Waals surface area contributed by atoms with Gasteiger partial charge in [0.1, 0.15) is 0 Å². The molecule has 0 saturated carbocycles. The SMILES string of the molecule is C=CC(=O)CCF. The highest BCUT2D eigenvalue weighted by Crippen LogP contribution is 1.82. The number of hydrogen-bond donors (Lipinski definition) is 0. The van der Waals surface area contributed by atoms with Crippen molar-refractivity contribution < 1.29 is 9.18 Å². The molecule has 2 heteroatoms.